The average Bonchev–Trinajstić information content (AvgIpc) is 3.50. The van der Waals surface area contributed by atoms with Crippen molar-refractivity contribution in [3.05, 3.63) is 170 Å². The number of aromatic nitrogens is 4. The first-order valence-corrected chi connectivity index (χ1v) is 18.0. The van der Waals surface area contributed by atoms with Crippen molar-refractivity contribution in [2.75, 3.05) is 0 Å². The molecule has 0 amide bonds. The molecule has 53 heavy (non-hydrogen) atoms. The van der Waals surface area contributed by atoms with Gasteiger partial charge in [0, 0.05) is 38.2 Å². The Kier molecular flexibility index (Phi) is 5.74. The zero-order valence-corrected chi connectivity index (χ0v) is 28.5. The van der Waals surface area contributed by atoms with Crippen LogP contribution in [0.3, 0.4) is 0 Å². The molecule has 0 saturated heterocycles. The molecule has 4 heteroatoms. The van der Waals surface area contributed by atoms with Gasteiger partial charge in [0.05, 0.1) is 16.7 Å². The maximum atomic E-state index is 5.25. The highest BCUT2D eigenvalue weighted by Crippen LogP contribution is 2.51. The molecular weight excluding hydrogens is 645 g/mol. The zero-order chi connectivity index (χ0) is 34.6. The Bertz CT molecular complexity index is 3270. The first-order valence-electron chi connectivity index (χ1n) is 18.0. The second-order valence-electron chi connectivity index (χ2n) is 13.9. The molecule has 12 rings (SSSR count). The fourth-order valence-electron chi connectivity index (χ4n) is 8.86. The Morgan fingerprint density at radius 2 is 0.774 bits per heavy atom. The van der Waals surface area contributed by atoms with Gasteiger partial charge in [0.25, 0.3) is 0 Å². The monoisotopic (exact) mass is 672 g/mol. The molecule has 9 aromatic carbocycles. The molecule has 2 heterocycles. The summed E-state index contributed by atoms with van der Waals surface area (Å²) in [4.78, 5) is 15.5. The summed E-state index contributed by atoms with van der Waals surface area (Å²) in [6, 6.07) is 60.7. The SMILES string of the molecule is c1ccc(-c2nc(-c3ccccc3)nc(-c3ccc4ccccc4c3-n3c4ccc5cccc6c5c4c4c5c(ccc7cccc-6c75)ccc43)n2)cc1. The van der Waals surface area contributed by atoms with E-state index in [1.165, 1.54) is 54.2 Å². The van der Waals surface area contributed by atoms with E-state index in [4.69, 9.17) is 15.0 Å². The summed E-state index contributed by atoms with van der Waals surface area (Å²) in [5.41, 5.74) is 8.79. The lowest BCUT2D eigenvalue weighted by molar-refractivity contribution is 1.07. The fraction of sp³-hybridized carbons (Fsp3) is 0. The quantitative estimate of drug-likeness (QED) is 0.175. The first kappa shape index (κ1) is 28.5. The van der Waals surface area contributed by atoms with Crippen LogP contribution < -0.4 is 0 Å². The summed E-state index contributed by atoms with van der Waals surface area (Å²) >= 11 is 0. The van der Waals surface area contributed by atoms with E-state index in [1.54, 1.807) is 0 Å². The molecule has 0 radical (unpaired) electrons. The van der Waals surface area contributed by atoms with Crippen molar-refractivity contribution in [3.63, 3.8) is 0 Å². The number of nitrogens with zero attached hydrogens (tertiary/aromatic N) is 4. The van der Waals surface area contributed by atoms with Crippen molar-refractivity contribution >= 4 is 64.9 Å². The third-order valence-corrected chi connectivity index (χ3v) is 11.1. The molecule has 0 fully saturated rings. The highest BCUT2D eigenvalue weighted by molar-refractivity contribution is 6.38. The zero-order valence-electron chi connectivity index (χ0n) is 28.5. The predicted molar refractivity (Wildman–Crippen MR) is 219 cm³/mol. The molecule has 0 spiro atoms. The topological polar surface area (TPSA) is 43.6 Å². The van der Waals surface area contributed by atoms with Crippen molar-refractivity contribution in [1.29, 1.82) is 0 Å². The Morgan fingerprint density at radius 1 is 0.302 bits per heavy atom. The molecular formula is C49H28N4. The van der Waals surface area contributed by atoms with Gasteiger partial charge >= 0.3 is 0 Å². The van der Waals surface area contributed by atoms with E-state index in [-0.39, 0.29) is 0 Å². The minimum Gasteiger partial charge on any atom is -0.308 e. The summed E-state index contributed by atoms with van der Waals surface area (Å²) < 4.78 is 2.49. The standard InChI is InChI=1S/C49H28N4/c1-3-12-33(13-4-1)47-50-48(34-14-5-2-6-15-34)52-49(51-47)38-26-23-29-11-7-8-18-35(29)46(38)53-39-27-24-31-17-10-20-37-36-19-9-16-30-21-22-32-25-28-40(53)45(43(32)41(30)36)44(39)42(31)37/h1-28H. The minimum atomic E-state index is 0.635. The third-order valence-electron chi connectivity index (χ3n) is 11.1. The van der Waals surface area contributed by atoms with Crippen LogP contribution in [-0.2, 0) is 0 Å². The van der Waals surface area contributed by atoms with Gasteiger partial charge in [-0.05, 0) is 61.6 Å². The van der Waals surface area contributed by atoms with Crippen LogP contribution in [0.4, 0.5) is 0 Å². The van der Waals surface area contributed by atoms with Crippen LogP contribution in [0.5, 0.6) is 0 Å². The molecule has 1 aliphatic rings. The molecule has 2 aromatic heterocycles. The van der Waals surface area contributed by atoms with Gasteiger partial charge in [-0.1, -0.05) is 152 Å². The lowest BCUT2D eigenvalue weighted by atomic mass is 9.93. The summed E-state index contributed by atoms with van der Waals surface area (Å²) in [6.45, 7) is 0. The minimum absolute atomic E-state index is 0.635. The summed E-state index contributed by atoms with van der Waals surface area (Å²) in [5, 5.41) is 12.5. The van der Waals surface area contributed by atoms with Gasteiger partial charge in [-0.15, -0.1) is 0 Å². The van der Waals surface area contributed by atoms with Crippen LogP contribution in [-0.4, -0.2) is 19.5 Å². The third kappa shape index (κ3) is 3.98. The molecule has 0 bridgehead atoms. The summed E-state index contributed by atoms with van der Waals surface area (Å²) in [6.07, 6.45) is 0. The Labute approximate surface area is 304 Å². The van der Waals surface area contributed by atoms with Gasteiger partial charge in [-0.2, -0.15) is 0 Å². The smallest absolute Gasteiger partial charge is 0.166 e. The Hall–Kier alpha value is -7.17. The van der Waals surface area contributed by atoms with Gasteiger partial charge in [0.2, 0.25) is 0 Å². The van der Waals surface area contributed by atoms with Crippen LogP contribution in [0.15, 0.2) is 170 Å². The van der Waals surface area contributed by atoms with Crippen molar-refractivity contribution in [3.8, 4) is 51.0 Å². The van der Waals surface area contributed by atoms with E-state index in [2.05, 4.69) is 138 Å². The lowest BCUT2D eigenvalue weighted by Gasteiger charge is -2.18. The number of hydrogen-bond donors (Lipinski definition) is 0. The summed E-state index contributed by atoms with van der Waals surface area (Å²) in [7, 11) is 0. The molecule has 0 N–H and O–H groups in total. The molecule has 1 aliphatic carbocycles. The van der Waals surface area contributed by atoms with Crippen molar-refractivity contribution in [2.45, 2.75) is 0 Å². The fourth-order valence-corrected chi connectivity index (χ4v) is 8.86. The highest BCUT2D eigenvalue weighted by Gasteiger charge is 2.26. The van der Waals surface area contributed by atoms with E-state index < -0.39 is 0 Å². The van der Waals surface area contributed by atoms with Crippen molar-refractivity contribution < 1.29 is 0 Å². The maximum absolute atomic E-state index is 5.25. The maximum Gasteiger partial charge on any atom is 0.166 e. The number of fused-ring (bicyclic) bond motifs is 2. The average molecular weight is 673 g/mol. The molecule has 0 aliphatic heterocycles. The molecule has 0 unspecified atom stereocenters. The first-order chi connectivity index (χ1) is 26.3. The van der Waals surface area contributed by atoms with Gasteiger partial charge in [0.15, 0.2) is 17.5 Å². The molecule has 11 aromatic rings. The highest BCUT2D eigenvalue weighted by atomic mass is 15.1. The van der Waals surface area contributed by atoms with E-state index in [9.17, 15) is 0 Å². The van der Waals surface area contributed by atoms with Crippen molar-refractivity contribution in [1.82, 2.24) is 19.5 Å². The number of benzene rings is 9. The van der Waals surface area contributed by atoms with Crippen LogP contribution in [0, 0.1) is 0 Å². The molecule has 0 saturated carbocycles. The number of hydrogen-bond acceptors (Lipinski definition) is 3. The molecule has 244 valence electrons. The lowest BCUT2D eigenvalue weighted by Crippen LogP contribution is -2.04. The largest absolute Gasteiger partial charge is 0.308 e. The second-order valence-corrected chi connectivity index (χ2v) is 13.9. The van der Waals surface area contributed by atoms with Crippen LogP contribution in [0.2, 0.25) is 0 Å². The van der Waals surface area contributed by atoms with Gasteiger partial charge in [0.1, 0.15) is 0 Å². The van der Waals surface area contributed by atoms with E-state index >= 15 is 0 Å². The van der Waals surface area contributed by atoms with E-state index in [0.29, 0.717) is 17.5 Å². The Morgan fingerprint density at radius 3 is 1.42 bits per heavy atom. The molecule has 0 atom stereocenters. The number of rotatable bonds is 4. The normalized spacial score (nSPS) is 12.2. The second kappa shape index (κ2) is 10.7. The van der Waals surface area contributed by atoms with E-state index in [1.807, 2.05) is 36.4 Å². The van der Waals surface area contributed by atoms with Gasteiger partial charge < -0.3 is 4.57 Å². The van der Waals surface area contributed by atoms with Gasteiger partial charge in [-0.25, -0.2) is 15.0 Å². The van der Waals surface area contributed by atoms with Crippen LogP contribution >= 0.6 is 0 Å². The predicted octanol–water partition coefficient (Wildman–Crippen LogP) is 12.6. The van der Waals surface area contributed by atoms with E-state index in [0.717, 1.165) is 44.2 Å². The van der Waals surface area contributed by atoms with Crippen molar-refractivity contribution in [2.24, 2.45) is 0 Å². The van der Waals surface area contributed by atoms with Crippen LogP contribution in [0.25, 0.3) is 116 Å². The summed E-state index contributed by atoms with van der Waals surface area (Å²) in [5.74, 6) is 1.92. The van der Waals surface area contributed by atoms with Crippen LogP contribution in [0.1, 0.15) is 0 Å². The Balaban J connectivity index is 1.27. The van der Waals surface area contributed by atoms with Gasteiger partial charge in [-0.3, -0.25) is 0 Å². The molecule has 4 nitrogen and oxygen atoms in total.